The lowest BCUT2D eigenvalue weighted by atomic mass is 10.0. The molecule has 36 heavy (non-hydrogen) atoms. The standard InChI is InChI=1S/C23H26N4O6S3/c28-19(13-36(31,32)23-24-7-8-34-23)27-10-14-5-6-16(9-15(14)11-27)33-20(29)4-2-1-3-18-21-17(12-35-18)25-22(30)26-21/h5-9,17-18,21H,1-4,10-13H2,(H2,25,26,30)/t17-,18-,21-/m0/s1. The first-order valence-corrected chi connectivity index (χ1v) is 15.3. The predicted molar refractivity (Wildman–Crippen MR) is 134 cm³/mol. The summed E-state index contributed by atoms with van der Waals surface area (Å²) < 4.78 is 30.2. The van der Waals surface area contributed by atoms with Crippen molar-refractivity contribution in [3.63, 3.8) is 0 Å². The van der Waals surface area contributed by atoms with Crippen LogP contribution in [0.1, 0.15) is 36.8 Å². The van der Waals surface area contributed by atoms with Crippen molar-refractivity contribution < 1.29 is 27.5 Å². The van der Waals surface area contributed by atoms with Crippen LogP contribution in [0.3, 0.4) is 0 Å². The van der Waals surface area contributed by atoms with Crippen molar-refractivity contribution in [2.45, 2.75) is 60.4 Å². The minimum atomic E-state index is -3.76. The number of thioether (sulfide) groups is 1. The van der Waals surface area contributed by atoms with Gasteiger partial charge < -0.3 is 20.3 Å². The molecule has 0 radical (unpaired) electrons. The van der Waals surface area contributed by atoms with Gasteiger partial charge in [-0.2, -0.15) is 11.8 Å². The van der Waals surface area contributed by atoms with Crippen LogP contribution in [-0.4, -0.2) is 65.0 Å². The van der Waals surface area contributed by atoms with Crippen molar-refractivity contribution in [1.29, 1.82) is 0 Å². The minimum absolute atomic E-state index is 0.0599. The highest BCUT2D eigenvalue weighted by Gasteiger charge is 2.42. The Hall–Kier alpha value is -2.64. The fraction of sp³-hybridized carbons (Fsp3) is 0.478. The zero-order valence-corrected chi connectivity index (χ0v) is 21.8. The molecule has 3 amide bonds. The van der Waals surface area contributed by atoms with E-state index in [9.17, 15) is 22.8 Å². The van der Waals surface area contributed by atoms with E-state index in [4.69, 9.17) is 4.74 Å². The number of unbranched alkanes of at least 4 members (excludes halogenated alkanes) is 1. The average molecular weight is 551 g/mol. The first-order valence-electron chi connectivity index (χ1n) is 11.7. The number of ether oxygens (including phenoxy) is 1. The second-order valence-corrected chi connectivity index (χ2v) is 13.4. The van der Waals surface area contributed by atoms with Gasteiger partial charge in [0.05, 0.1) is 12.1 Å². The molecule has 0 saturated carbocycles. The van der Waals surface area contributed by atoms with Crippen molar-refractivity contribution in [3.8, 4) is 5.75 Å². The van der Waals surface area contributed by atoms with Gasteiger partial charge in [0.1, 0.15) is 11.5 Å². The highest BCUT2D eigenvalue weighted by molar-refractivity contribution is 8.00. The number of nitrogens with one attached hydrogen (secondary N) is 2. The van der Waals surface area contributed by atoms with Gasteiger partial charge in [-0.3, -0.25) is 9.59 Å². The normalized spacial score (nSPS) is 22.6. The van der Waals surface area contributed by atoms with Crippen LogP contribution in [-0.2, 0) is 32.5 Å². The van der Waals surface area contributed by atoms with Crippen LogP contribution in [0.15, 0.2) is 34.1 Å². The Labute approximate surface area is 217 Å². The molecule has 0 unspecified atom stereocenters. The largest absolute Gasteiger partial charge is 0.427 e. The molecule has 0 bridgehead atoms. The molecule has 2 N–H and O–H groups in total. The van der Waals surface area contributed by atoms with E-state index in [-0.39, 0.29) is 35.0 Å². The Morgan fingerprint density at radius 2 is 2.00 bits per heavy atom. The number of carbonyl (C=O) groups is 3. The third kappa shape index (κ3) is 5.52. The molecule has 2 fully saturated rings. The van der Waals surface area contributed by atoms with Crippen molar-refractivity contribution in [2.75, 3.05) is 11.5 Å². The number of aromatic nitrogens is 1. The van der Waals surface area contributed by atoms with Crippen LogP contribution in [0, 0.1) is 0 Å². The number of hydrogen-bond donors (Lipinski definition) is 2. The monoisotopic (exact) mass is 550 g/mol. The summed E-state index contributed by atoms with van der Waals surface area (Å²) in [5.74, 6) is -0.0979. The second-order valence-electron chi connectivity index (χ2n) is 9.08. The molecule has 0 aliphatic carbocycles. The van der Waals surface area contributed by atoms with E-state index in [2.05, 4.69) is 15.6 Å². The summed E-state index contributed by atoms with van der Waals surface area (Å²) in [6, 6.07) is 5.51. The van der Waals surface area contributed by atoms with Crippen LogP contribution in [0.4, 0.5) is 4.79 Å². The molecule has 1 aromatic carbocycles. The number of nitrogens with zero attached hydrogens (tertiary/aromatic N) is 2. The number of rotatable bonds is 9. The lowest BCUT2D eigenvalue weighted by Crippen LogP contribution is -2.36. The molecule has 1 aromatic heterocycles. The Balaban J connectivity index is 1.07. The number of hydrogen-bond acceptors (Lipinski definition) is 9. The number of sulfone groups is 1. The molecule has 13 heteroatoms. The van der Waals surface area contributed by atoms with E-state index in [1.165, 1.54) is 11.1 Å². The minimum Gasteiger partial charge on any atom is -0.427 e. The van der Waals surface area contributed by atoms with Gasteiger partial charge in [0.2, 0.25) is 20.1 Å². The number of fused-ring (bicyclic) bond motifs is 2. The van der Waals surface area contributed by atoms with Gasteiger partial charge in [-0.05, 0) is 36.1 Å². The first-order chi connectivity index (χ1) is 17.3. The van der Waals surface area contributed by atoms with Gasteiger partial charge in [-0.15, -0.1) is 11.3 Å². The molecule has 5 rings (SSSR count). The molecule has 2 aromatic rings. The van der Waals surface area contributed by atoms with Crippen molar-refractivity contribution in [3.05, 3.63) is 40.9 Å². The maximum atomic E-state index is 12.6. The van der Waals surface area contributed by atoms with Crippen LogP contribution in [0.2, 0.25) is 0 Å². The van der Waals surface area contributed by atoms with Crippen LogP contribution >= 0.6 is 23.1 Å². The van der Waals surface area contributed by atoms with E-state index >= 15 is 0 Å². The number of amides is 3. The van der Waals surface area contributed by atoms with Gasteiger partial charge in [0.25, 0.3) is 0 Å². The highest BCUT2D eigenvalue weighted by Crippen LogP contribution is 2.33. The fourth-order valence-corrected chi connectivity index (χ4v) is 8.42. The molecule has 3 aliphatic rings. The van der Waals surface area contributed by atoms with E-state index in [1.54, 1.807) is 23.6 Å². The smallest absolute Gasteiger partial charge is 0.315 e. The average Bonchev–Trinajstić information content (AvgIpc) is 3.61. The summed E-state index contributed by atoms with van der Waals surface area (Å²) in [5, 5.41) is 7.83. The topological polar surface area (TPSA) is 135 Å². The Morgan fingerprint density at radius 3 is 2.81 bits per heavy atom. The lowest BCUT2D eigenvalue weighted by Gasteiger charge is -2.16. The second kappa shape index (κ2) is 10.4. The van der Waals surface area contributed by atoms with E-state index in [0.29, 0.717) is 30.4 Å². The number of esters is 1. The van der Waals surface area contributed by atoms with Gasteiger partial charge >= 0.3 is 12.0 Å². The third-order valence-electron chi connectivity index (χ3n) is 6.53. The number of carbonyl (C=O) groups excluding carboxylic acids is 3. The summed E-state index contributed by atoms with van der Waals surface area (Å²) in [6.07, 6.45) is 4.20. The number of thiazole rings is 1. The van der Waals surface area contributed by atoms with E-state index in [1.807, 2.05) is 11.8 Å². The van der Waals surface area contributed by atoms with Gasteiger partial charge in [0.15, 0.2) is 0 Å². The first kappa shape index (κ1) is 25.0. The molecule has 10 nitrogen and oxygen atoms in total. The molecule has 192 valence electrons. The molecule has 4 heterocycles. The summed E-state index contributed by atoms with van der Waals surface area (Å²) in [4.78, 5) is 41.7. The Morgan fingerprint density at radius 1 is 1.17 bits per heavy atom. The van der Waals surface area contributed by atoms with Crippen LogP contribution < -0.4 is 15.4 Å². The third-order valence-corrected chi connectivity index (χ3v) is 10.9. The molecular formula is C23H26N4O6S3. The van der Waals surface area contributed by atoms with Crippen molar-refractivity contribution in [1.82, 2.24) is 20.5 Å². The summed E-state index contributed by atoms with van der Waals surface area (Å²) >= 11 is 2.85. The molecule has 3 aliphatic heterocycles. The molecule has 0 spiro atoms. The van der Waals surface area contributed by atoms with Crippen molar-refractivity contribution in [2.24, 2.45) is 0 Å². The van der Waals surface area contributed by atoms with E-state index < -0.39 is 21.5 Å². The van der Waals surface area contributed by atoms with Crippen LogP contribution in [0.25, 0.3) is 0 Å². The lowest BCUT2D eigenvalue weighted by molar-refractivity contribution is -0.134. The number of benzene rings is 1. The molecular weight excluding hydrogens is 524 g/mol. The summed E-state index contributed by atoms with van der Waals surface area (Å²) in [6.45, 7) is 0.576. The quantitative estimate of drug-likeness (QED) is 0.210. The summed E-state index contributed by atoms with van der Waals surface area (Å²) in [5.41, 5.74) is 1.73. The van der Waals surface area contributed by atoms with Crippen LogP contribution in [0.5, 0.6) is 5.75 Å². The Kier molecular flexibility index (Phi) is 7.22. The molecule has 2 saturated heterocycles. The number of urea groups is 1. The maximum absolute atomic E-state index is 12.6. The fourth-order valence-electron chi connectivity index (χ4n) is 4.73. The zero-order valence-electron chi connectivity index (χ0n) is 19.3. The summed E-state index contributed by atoms with van der Waals surface area (Å²) in [7, 11) is -3.76. The maximum Gasteiger partial charge on any atom is 0.315 e. The van der Waals surface area contributed by atoms with Gasteiger partial charge in [-0.1, -0.05) is 12.5 Å². The van der Waals surface area contributed by atoms with Crippen molar-refractivity contribution >= 4 is 50.8 Å². The van der Waals surface area contributed by atoms with Gasteiger partial charge in [-0.25, -0.2) is 18.2 Å². The molecule has 3 atom stereocenters. The predicted octanol–water partition coefficient (Wildman–Crippen LogP) is 2.09. The zero-order chi connectivity index (χ0) is 25.3. The van der Waals surface area contributed by atoms with Gasteiger partial charge in [0, 0.05) is 42.1 Å². The Bertz CT molecular complexity index is 1270. The van der Waals surface area contributed by atoms with E-state index in [0.717, 1.165) is 41.1 Å². The highest BCUT2D eigenvalue weighted by atomic mass is 32.2. The SMILES string of the molecule is O=C1N[C@H]2[C@H](CS[C@H]2CCCCC(=O)Oc2ccc3c(c2)CN(C(=O)CS(=O)(=O)c2nccs2)C3)N1.